The molecule has 1 aliphatic rings. The zero-order valence-electron chi connectivity index (χ0n) is 12.9. The minimum atomic E-state index is -2.96. The Morgan fingerprint density at radius 3 is 2.92 bits per heavy atom. The lowest BCUT2D eigenvalue weighted by molar-refractivity contribution is 0.417. The predicted octanol–water partition coefficient (Wildman–Crippen LogP) is 1.88. The maximum atomic E-state index is 11.5. The van der Waals surface area contributed by atoms with Crippen LogP contribution in [-0.4, -0.2) is 48.3 Å². The highest BCUT2D eigenvalue weighted by atomic mass is 35.5. The highest BCUT2D eigenvalue weighted by molar-refractivity contribution is 7.91. The number of aromatic nitrogens is 3. The quantitative estimate of drug-likeness (QED) is 0.822. The van der Waals surface area contributed by atoms with Crippen LogP contribution in [0, 0.1) is 0 Å². The molecule has 128 valence electrons. The highest BCUT2D eigenvalue weighted by Gasteiger charge is 2.28. The second-order valence-corrected chi connectivity index (χ2v) is 8.04. The van der Waals surface area contributed by atoms with Crippen LogP contribution >= 0.6 is 11.6 Å². The SMILES string of the molecule is COc1ccc(Cl)cc1Nc1nncc(NC2CCS(=O)(=O)C2)n1. The molecule has 1 aliphatic heterocycles. The number of hydrogen-bond donors (Lipinski definition) is 2. The third kappa shape index (κ3) is 4.04. The average molecular weight is 370 g/mol. The van der Waals surface area contributed by atoms with Gasteiger partial charge in [-0.1, -0.05) is 11.6 Å². The smallest absolute Gasteiger partial charge is 0.249 e. The van der Waals surface area contributed by atoms with Crippen molar-refractivity contribution < 1.29 is 13.2 Å². The Hall–Kier alpha value is -2.13. The van der Waals surface area contributed by atoms with Crippen molar-refractivity contribution in [1.29, 1.82) is 0 Å². The summed E-state index contributed by atoms with van der Waals surface area (Å²) in [7, 11) is -1.41. The molecule has 0 saturated carbocycles. The van der Waals surface area contributed by atoms with Gasteiger partial charge >= 0.3 is 0 Å². The van der Waals surface area contributed by atoms with Gasteiger partial charge in [-0.2, -0.15) is 10.1 Å². The van der Waals surface area contributed by atoms with Crippen molar-refractivity contribution in [2.24, 2.45) is 0 Å². The van der Waals surface area contributed by atoms with Gasteiger partial charge in [-0.25, -0.2) is 8.42 Å². The summed E-state index contributed by atoms with van der Waals surface area (Å²) in [5.74, 6) is 1.58. The van der Waals surface area contributed by atoms with E-state index in [9.17, 15) is 8.42 Å². The molecular formula is C14H16ClN5O3S. The lowest BCUT2D eigenvalue weighted by atomic mass is 10.3. The Bertz CT molecular complexity index is 846. The molecule has 0 aliphatic carbocycles. The molecule has 1 aromatic heterocycles. The summed E-state index contributed by atoms with van der Waals surface area (Å²) in [5, 5.41) is 14.4. The molecule has 24 heavy (non-hydrogen) atoms. The van der Waals surface area contributed by atoms with Gasteiger partial charge in [0.15, 0.2) is 15.7 Å². The molecule has 2 aromatic rings. The maximum Gasteiger partial charge on any atom is 0.249 e. The van der Waals surface area contributed by atoms with E-state index in [-0.39, 0.29) is 23.5 Å². The van der Waals surface area contributed by atoms with Crippen LogP contribution in [0.3, 0.4) is 0 Å². The molecule has 8 nitrogen and oxygen atoms in total. The molecule has 10 heteroatoms. The lowest BCUT2D eigenvalue weighted by Gasteiger charge is -2.13. The normalized spacial score (nSPS) is 19.0. The van der Waals surface area contributed by atoms with Crippen molar-refractivity contribution in [2.45, 2.75) is 12.5 Å². The molecule has 1 saturated heterocycles. The van der Waals surface area contributed by atoms with Gasteiger partial charge < -0.3 is 15.4 Å². The van der Waals surface area contributed by atoms with Crippen LogP contribution in [0.1, 0.15) is 6.42 Å². The van der Waals surface area contributed by atoms with Crippen molar-refractivity contribution in [1.82, 2.24) is 15.2 Å². The van der Waals surface area contributed by atoms with Gasteiger partial charge in [-0.15, -0.1) is 5.10 Å². The van der Waals surface area contributed by atoms with Crippen molar-refractivity contribution in [3.63, 3.8) is 0 Å². The molecule has 1 fully saturated rings. The van der Waals surface area contributed by atoms with Crippen LogP contribution in [0.2, 0.25) is 5.02 Å². The van der Waals surface area contributed by atoms with Gasteiger partial charge in [-0.05, 0) is 24.6 Å². The summed E-state index contributed by atoms with van der Waals surface area (Å²) in [6.07, 6.45) is 2.00. The van der Waals surface area contributed by atoms with E-state index in [1.165, 1.54) is 6.20 Å². The average Bonchev–Trinajstić information content (AvgIpc) is 2.87. The fourth-order valence-corrected chi connectivity index (χ4v) is 4.29. The number of nitrogens with zero attached hydrogens (tertiary/aromatic N) is 3. The van der Waals surface area contributed by atoms with E-state index in [0.717, 1.165) is 0 Å². The fraction of sp³-hybridized carbons (Fsp3) is 0.357. The Labute approximate surface area is 144 Å². The molecule has 0 bridgehead atoms. The van der Waals surface area contributed by atoms with Gasteiger partial charge in [0.05, 0.1) is 30.5 Å². The summed E-state index contributed by atoms with van der Waals surface area (Å²) in [6.45, 7) is 0. The van der Waals surface area contributed by atoms with Crippen LogP contribution in [0.25, 0.3) is 0 Å². The lowest BCUT2D eigenvalue weighted by Crippen LogP contribution is -2.21. The largest absolute Gasteiger partial charge is 0.495 e. The Morgan fingerprint density at radius 1 is 1.38 bits per heavy atom. The molecule has 1 atom stereocenters. The number of rotatable bonds is 5. The fourth-order valence-electron chi connectivity index (χ4n) is 2.44. The number of sulfone groups is 1. The standard InChI is InChI=1S/C14H16ClN5O3S/c1-23-12-3-2-9(15)6-11(12)18-14-19-13(7-16-20-14)17-10-4-5-24(21,22)8-10/h2-3,6-7,10H,4-5,8H2,1H3,(H2,17,18,19,20). The molecule has 1 unspecified atom stereocenters. The van der Waals surface area contributed by atoms with Crippen LogP contribution < -0.4 is 15.4 Å². The van der Waals surface area contributed by atoms with Gasteiger partial charge in [0.2, 0.25) is 5.95 Å². The maximum absolute atomic E-state index is 11.5. The number of ether oxygens (including phenoxy) is 1. The molecule has 3 rings (SSSR count). The van der Waals surface area contributed by atoms with Crippen molar-refractivity contribution in [3.05, 3.63) is 29.4 Å². The summed E-state index contributed by atoms with van der Waals surface area (Å²) < 4.78 is 28.3. The van der Waals surface area contributed by atoms with Crippen molar-refractivity contribution >= 4 is 38.9 Å². The van der Waals surface area contributed by atoms with Crippen molar-refractivity contribution in [2.75, 3.05) is 29.2 Å². The monoisotopic (exact) mass is 369 g/mol. The van der Waals surface area contributed by atoms with E-state index in [1.54, 1.807) is 25.3 Å². The van der Waals surface area contributed by atoms with E-state index in [1.807, 2.05) is 0 Å². The van der Waals surface area contributed by atoms with Crippen LogP contribution in [-0.2, 0) is 9.84 Å². The first kappa shape index (κ1) is 16.7. The van der Waals surface area contributed by atoms with Gasteiger partial charge in [0.25, 0.3) is 0 Å². The van der Waals surface area contributed by atoms with Crippen molar-refractivity contribution in [3.8, 4) is 5.75 Å². The summed E-state index contributed by atoms with van der Waals surface area (Å²) in [5.41, 5.74) is 0.604. The molecule has 0 spiro atoms. The second-order valence-electron chi connectivity index (χ2n) is 5.38. The third-order valence-electron chi connectivity index (χ3n) is 3.55. The van der Waals surface area contributed by atoms with E-state index in [2.05, 4.69) is 25.8 Å². The van der Waals surface area contributed by atoms with Gasteiger partial charge in [0.1, 0.15) is 5.75 Å². The topological polar surface area (TPSA) is 106 Å². The molecule has 1 aromatic carbocycles. The predicted molar refractivity (Wildman–Crippen MR) is 91.8 cm³/mol. The van der Waals surface area contributed by atoms with Gasteiger partial charge in [-0.3, -0.25) is 0 Å². The van der Waals surface area contributed by atoms with Crippen LogP contribution in [0.15, 0.2) is 24.4 Å². The third-order valence-corrected chi connectivity index (χ3v) is 5.55. The molecule has 0 radical (unpaired) electrons. The van der Waals surface area contributed by atoms with E-state index in [4.69, 9.17) is 16.3 Å². The first-order chi connectivity index (χ1) is 11.4. The summed E-state index contributed by atoms with van der Waals surface area (Å²) >= 11 is 5.99. The summed E-state index contributed by atoms with van der Waals surface area (Å²) in [4.78, 5) is 4.30. The Morgan fingerprint density at radius 2 is 2.21 bits per heavy atom. The zero-order valence-corrected chi connectivity index (χ0v) is 14.4. The Kier molecular flexibility index (Phi) is 4.72. The summed E-state index contributed by atoms with van der Waals surface area (Å²) in [6, 6.07) is 4.96. The van der Waals surface area contributed by atoms with E-state index in [0.29, 0.717) is 28.7 Å². The Balaban J connectivity index is 1.75. The van der Waals surface area contributed by atoms with Crippen LogP contribution in [0.5, 0.6) is 5.75 Å². The zero-order chi connectivity index (χ0) is 17.2. The number of methoxy groups -OCH3 is 1. The minimum Gasteiger partial charge on any atom is -0.495 e. The number of benzene rings is 1. The molecule has 2 N–H and O–H groups in total. The minimum absolute atomic E-state index is 0.0991. The number of nitrogens with one attached hydrogen (secondary N) is 2. The second kappa shape index (κ2) is 6.78. The van der Waals surface area contributed by atoms with E-state index < -0.39 is 9.84 Å². The first-order valence-electron chi connectivity index (χ1n) is 7.22. The highest BCUT2D eigenvalue weighted by Crippen LogP contribution is 2.29. The van der Waals surface area contributed by atoms with E-state index >= 15 is 0 Å². The first-order valence-corrected chi connectivity index (χ1v) is 9.42. The molecule has 0 amide bonds. The number of hydrogen-bond acceptors (Lipinski definition) is 8. The molecular weight excluding hydrogens is 354 g/mol. The van der Waals surface area contributed by atoms with Crippen LogP contribution in [0.4, 0.5) is 17.5 Å². The number of halogens is 1. The molecule has 2 heterocycles. The number of anilines is 3. The van der Waals surface area contributed by atoms with Gasteiger partial charge in [0, 0.05) is 11.1 Å².